The van der Waals surface area contributed by atoms with Gasteiger partial charge in [-0.3, -0.25) is 13.9 Å². The van der Waals surface area contributed by atoms with Gasteiger partial charge in [0.15, 0.2) is 0 Å². The number of benzene rings is 3. The maximum Gasteiger partial charge on any atom is 0.244 e. The summed E-state index contributed by atoms with van der Waals surface area (Å²) in [6, 6.07) is 20.3. The Morgan fingerprint density at radius 3 is 2.24 bits per heavy atom. The Morgan fingerprint density at radius 2 is 1.63 bits per heavy atom. The van der Waals surface area contributed by atoms with E-state index in [2.05, 4.69) is 5.32 Å². The molecule has 0 bridgehead atoms. The van der Waals surface area contributed by atoms with Gasteiger partial charge >= 0.3 is 0 Å². The van der Waals surface area contributed by atoms with Crippen molar-refractivity contribution in [3.05, 3.63) is 99.5 Å². The molecule has 3 rings (SSSR count). The average Bonchev–Trinajstić information content (AvgIpc) is 2.86. The van der Waals surface area contributed by atoms with E-state index in [4.69, 9.17) is 23.2 Å². The fourth-order valence-electron chi connectivity index (χ4n) is 4.08. The number of rotatable bonds is 11. The molecule has 0 saturated carbocycles. The van der Waals surface area contributed by atoms with Crippen LogP contribution in [0.15, 0.2) is 72.8 Å². The van der Waals surface area contributed by atoms with E-state index in [1.807, 2.05) is 43.3 Å². The van der Waals surface area contributed by atoms with Crippen molar-refractivity contribution < 1.29 is 18.0 Å². The van der Waals surface area contributed by atoms with Gasteiger partial charge in [-0.2, -0.15) is 0 Å². The summed E-state index contributed by atoms with van der Waals surface area (Å²) in [5, 5.41) is 3.49. The first-order valence-corrected chi connectivity index (χ1v) is 14.7. The maximum atomic E-state index is 13.9. The molecule has 3 aromatic rings. The van der Waals surface area contributed by atoms with Crippen molar-refractivity contribution in [3.63, 3.8) is 0 Å². The van der Waals surface area contributed by atoms with Crippen molar-refractivity contribution in [1.82, 2.24) is 10.2 Å². The molecule has 0 aliphatic carbocycles. The molecule has 2 amide bonds. The Bertz CT molecular complexity index is 1380. The van der Waals surface area contributed by atoms with E-state index in [0.29, 0.717) is 27.8 Å². The van der Waals surface area contributed by atoms with Crippen LogP contribution in [0.1, 0.15) is 23.6 Å². The van der Waals surface area contributed by atoms with Crippen molar-refractivity contribution in [3.8, 4) is 0 Å². The highest BCUT2D eigenvalue weighted by molar-refractivity contribution is 7.92. The number of amides is 2. The van der Waals surface area contributed by atoms with Crippen LogP contribution in [0, 0.1) is 6.92 Å². The molecule has 0 radical (unpaired) electrons. The number of aryl methyl sites for hydroxylation is 1. The van der Waals surface area contributed by atoms with Gasteiger partial charge in [0.2, 0.25) is 21.8 Å². The molecule has 0 aliphatic heterocycles. The smallest absolute Gasteiger partial charge is 0.244 e. The first kappa shape index (κ1) is 29.5. The number of hydrogen-bond acceptors (Lipinski definition) is 4. The second-order valence-corrected chi connectivity index (χ2v) is 11.7. The van der Waals surface area contributed by atoms with Gasteiger partial charge in [0.05, 0.1) is 22.0 Å². The van der Waals surface area contributed by atoms with Crippen LogP contribution in [0.2, 0.25) is 10.0 Å². The molecule has 1 atom stereocenters. The molecule has 0 fully saturated rings. The predicted molar refractivity (Wildman–Crippen MR) is 153 cm³/mol. The Hall–Kier alpha value is -3.07. The van der Waals surface area contributed by atoms with Crippen LogP contribution >= 0.6 is 23.2 Å². The van der Waals surface area contributed by atoms with E-state index < -0.39 is 28.5 Å². The number of sulfonamides is 1. The third-order valence-corrected chi connectivity index (χ3v) is 7.81. The molecule has 3 aromatic carbocycles. The topological polar surface area (TPSA) is 86.8 Å². The van der Waals surface area contributed by atoms with Gasteiger partial charge in [-0.1, -0.05) is 71.7 Å². The molecule has 0 heterocycles. The minimum Gasteiger partial charge on any atom is -0.355 e. The summed E-state index contributed by atoms with van der Waals surface area (Å²) in [7, 11) is -3.82. The molecule has 7 nitrogen and oxygen atoms in total. The Balaban J connectivity index is 2.05. The standard InChI is InChI=1S/C28H31Cl2N3O4S/c1-4-31-28(35)26(17-21-10-6-5-7-11-21)32(18-22-13-14-24(29)25(30)16-22)27(34)19-33(38(3,36)37)23-12-8-9-20(2)15-23/h5-16,26H,4,17-19H2,1-3H3,(H,31,35). The summed E-state index contributed by atoms with van der Waals surface area (Å²) in [6.45, 7) is 3.56. The molecule has 10 heteroatoms. The Morgan fingerprint density at radius 1 is 0.921 bits per heavy atom. The maximum absolute atomic E-state index is 13.9. The largest absolute Gasteiger partial charge is 0.355 e. The number of anilines is 1. The van der Waals surface area contributed by atoms with Crippen molar-refractivity contribution in [2.45, 2.75) is 32.9 Å². The molecule has 202 valence electrons. The highest BCUT2D eigenvalue weighted by Gasteiger charge is 2.33. The van der Waals surface area contributed by atoms with Crippen molar-refractivity contribution >= 4 is 50.7 Å². The Labute approximate surface area is 234 Å². The van der Waals surface area contributed by atoms with Crippen LogP contribution < -0.4 is 9.62 Å². The van der Waals surface area contributed by atoms with Crippen molar-refractivity contribution in [2.24, 2.45) is 0 Å². The first-order chi connectivity index (χ1) is 18.0. The lowest BCUT2D eigenvalue weighted by molar-refractivity contribution is -0.140. The molecular weight excluding hydrogens is 545 g/mol. The number of carbonyl (C=O) groups is 2. The molecule has 0 aromatic heterocycles. The molecular formula is C28H31Cl2N3O4S. The van der Waals surface area contributed by atoms with Gasteiger partial charge in [-0.15, -0.1) is 0 Å². The van der Waals surface area contributed by atoms with Crippen LogP contribution in [0.25, 0.3) is 0 Å². The van der Waals surface area contributed by atoms with Crippen molar-refractivity contribution in [1.29, 1.82) is 0 Å². The van der Waals surface area contributed by atoms with E-state index in [1.165, 1.54) is 4.90 Å². The van der Waals surface area contributed by atoms with Gasteiger partial charge in [0.1, 0.15) is 12.6 Å². The number of nitrogens with zero attached hydrogens (tertiary/aromatic N) is 2. The number of nitrogens with one attached hydrogen (secondary N) is 1. The Kier molecular flexibility index (Phi) is 10.2. The van der Waals surface area contributed by atoms with E-state index in [0.717, 1.165) is 21.7 Å². The van der Waals surface area contributed by atoms with Crippen molar-refractivity contribution in [2.75, 3.05) is 23.7 Å². The summed E-state index contributed by atoms with van der Waals surface area (Å²) in [5.74, 6) is -0.874. The lowest BCUT2D eigenvalue weighted by Crippen LogP contribution is -2.53. The average molecular weight is 577 g/mol. The highest BCUT2D eigenvalue weighted by atomic mass is 35.5. The molecule has 1 unspecified atom stereocenters. The van der Waals surface area contributed by atoms with Gasteiger partial charge in [-0.05, 0) is 54.8 Å². The quantitative estimate of drug-likeness (QED) is 0.354. The molecule has 0 aliphatic rings. The first-order valence-electron chi connectivity index (χ1n) is 12.1. The SMILES string of the molecule is CCNC(=O)C(Cc1ccccc1)N(Cc1ccc(Cl)c(Cl)c1)C(=O)CN(c1cccc(C)c1)S(C)(=O)=O. The fraction of sp³-hybridized carbons (Fsp3) is 0.286. The third-order valence-electron chi connectivity index (χ3n) is 5.93. The van der Waals surface area contributed by atoms with Crippen LogP contribution in [-0.4, -0.2) is 50.5 Å². The van der Waals surface area contributed by atoms with Crippen LogP contribution in [0.4, 0.5) is 5.69 Å². The minimum atomic E-state index is -3.82. The number of hydrogen-bond donors (Lipinski definition) is 1. The predicted octanol–water partition coefficient (Wildman–Crippen LogP) is 4.84. The zero-order chi connectivity index (χ0) is 27.9. The summed E-state index contributed by atoms with van der Waals surface area (Å²) in [4.78, 5) is 28.7. The molecule has 0 spiro atoms. The van der Waals surface area contributed by atoms with E-state index in [1.54, 1.807) is 43.3 Å². The minimum absolute atomic E-state index is 0.0236. The summed E-state index contributed by atoms with van der Waals surface area (Å²) < 4.78 is 26.6. The fourth-order valence-corrected chi connectivity index (χ4v) is 5.24. The van der Waals surface area contributed by atoms with E-state index in [9.17, 15) is 18.0 Å². The number of likely N-dealkylation sites (N-methyl/N-ethyl adjacent to an activating group) is 1. The summed E-state index contributed by atoms with van der Waals surface area (Å²) >= 11 is 12.3. The normalized spacial score (nSPS) is 12.0. The van der Waals surface area contributed by atoms with Crippen LogP contribution in [-0.2, 0) is 32.6 Å². The van der Waals surface area contributed by atoms with E-state index >= 15 is 0 Å². The number of halogens is 2. The van der Waals surface area contributed by atoms with Crippen LogP contribution in [0.5, 0.6) is 0 Å². The highest BCUT2D eigenvalue weighted by Crippen LogP contribution is 2.25. The van der Waals surface area contributed by atoms with Gasteiger partial charge < -0.3 is 10.2 Å². The number of carbonyl (C=O) groups excluding carboxylic acids is 2. The molecule has 38 heavy (non-hydrogen) atoms. The molecule has 1 N–H and O–H groups in total. The second-order valence-electron chi connectivity index (χ2n) is 8.98. The zero-order valence-corrected chi connectivity index (χ0v) is 23.9. The van der Waals surface area contributed by atoms with E-state index in [-0.39, 0.29) is 18.9 Å². The summed E-state index contributed by atoms with van der Waals surface area (Å²) in [5.41, 5.74) is 2.72. The lowest BCUT2D eigenvalue weighted by atomic mass is 10.0. The van der Waals surface area contributed by atoms with Gasteiger partial charge in [-0.25, -0.2) is 8.42 Å². The van der Waals surface area contributed by atoms with Crippen LogP contribution in [0.3, 0.4) is 0 Å². The second kappa shape index (κ2) is 13.1. The lowest BCUT2D eigenvalue weighted by Gasteiger charge is -2.33. The monoisotopic (exact) mass is 575 g/mol. The zero-order valence-electron chi connectivity index (χ0n) is 21.5. The van der Waals surface area contributed by atoms with Gasteiger partial charge in [0, 0.05) is 19.5 Å². The molecule has 0 saturated heterocycles. The van der Waals surface area contributed by atoms with Gasteiger partial charge in [0.25, 0.3) is 0 Å². The third kappa shape index (κ3) is 7.96. The summed E-state index contributed by atoms with van der Waals surface area (Å²) in [6.07, 6.45) is 1.29.